The fraction of sp³-hybridized carbons (Fsp3) is 0.179. The van der Waals surface area contributed by atoms with E-state index in [0.717, 1.165) is 16.8 Å². The van der Waals surface area contributed by atoms with E-state index < -0.39 is 22.0 Å². The molecule has 12 heteroatoms. The molecule has 0 radical (unpaired) electrons. The number of hydrogen-bond acceptors (Lipinski definition) is 6. The number of halogens is 1. The van der Waals surface area contributed by atoms with Crippen LogP contribution in [0, 0.1) is 0 Å². The van der Waals surface area contributed by atoms with Gasteiger partial charge in [-0.25, -0.2) is 13.4 Å². The van der Waals surface area contributed by atoms with E-state index >= 15 is 0 Å². The summed E-state index contributed by atoms with van der Waals surface area (Å²) in [4.78, 5) is 31.0. The van der Waals surface area contributed by atoms with Crippen molar-refractivity contribution in [2.45, 2.75) is 23.8 Å². The van der Waals surface area contributed by atoms with Gasteiger partial charge in [0.25, 0.3) is 0 Å². The number of carbonyl (C=O) groups is 2. The van der Waals surface area contributed by atoms with Gasteiger partial charge in [-0.2, -0.15) is 4.72 Å². The lowest BCUT2D eigenvalue weighted by molar-refractivity contribution is -0.138. The minimum absolute atomic E-state index is 0.00310. The Bertz CT molecular complexity index is 1560. The summed E-state index contributed by atoms with van der Waals surface area (Å²) in [5, 5.41) is 15.6. The Hall–Kier alpha value is -4.03. The summed E-state index contributed by atoms with van der Waals surface area (Å²) in [6.07, 6.45) is 4.07. The van der Waals surface area contributed by atoms with Crippen LogP contribution in [-0.4, -0.2) is 54.5 Å². The predicted molar refractivity (Wildman–Crippen MR) is 153 cm³/mol. The van der Waals surface area contributed by atoms with E-state index in [1.807, 2.05) is 36.5 Å². The summed E-state index contributed by atoms with van der Waals surface area (Å²) in [5.41, 5.74) is 3.89. The fourth-order valence-corrected chi connectivity index (χ4v) is 5.70. The number of anilines is 1. The number of aromatic amines is 1. The van der Waals surface area contributed by atoms with Crippen molar-refractivity contribution < 1.29 is 23.1 Å². The lowest BCUT2D eigenvalue weighted by Gasteiger charge is -2.16. The Morgan fingerprint density at radius 3 is 2.48 bits per heavy atom. The van der Waals surface area contributed by atoms with Crippen molar-refractivity contribution in [1.82, 2.24) is 20.0 Å². The summed E-state index contributed by atoms with van der Waals surface area (Å²) < 4.78 is 27.7. The van der Waals surface area contributed by atoms with E-state index in [1.54, 1.807) is 30.6 Å². The van der Waals surface area contributed by atoms with Crippen LogP contribution in [0.3, 0.4) is 0 Å². The average molecular weight is 582 g/mol. The first-order valence-electron chi connectivity index (χ1n) is 12.4. The van der Waals surface area contributed by atoms with Gasteiger partial charge in [-0.15, -0.1) is 0 Å². The number of carbonyl (C=O) groups excluding carboxylic acids is 1. The maximum atomic E-state index is 12.7. The van der Waals surface area contributed by atoms with Crippen LogP contribution < -0.4 is 15.4 Å². The van der Waals surface area contributed by atoms with Crippen molar-refractivity contribution in [2.75, 3.05) is 18.4 Å². The average Bonchev–Trinajstić information content (AvgIpc) is 3.45. The van der Waals surface area contributed by atoms with E-state index in [1.165, 1.54) is 18.2 Å². The molecule has 0 unspecified atom stereocenters. The molecule has 1 aromatic heterocycles. The summed E-state index contributed by atoms with van der Waals surface area (Å²) in [6.45, 7) is 0.781. The molecule has 4 aromatic rings. The zero-order valence-electron chi connectivity index (χ0n) is 21.3. The molecule has 208 valence electrons. The maximum Gasteiger partial charge on any atom is 0.322 e. The topological polar surface area (TPSA) is 153 Å². The molecule has 0 aliphatic carbocycles. The minimum atomic E-state index is -4.14. The van der Waals surface area contributed by atoms with Crippen LogP contribution in [-0.2, 0) is 32.5 Å². The number of carboxylic acid groups (broad SMARTS) is 1. The number of amides is 1. The maximum absolute atomic E-state index is 12.7. The highest BCUT2D eigenvalue weighted by atomic mass is 35.5. The SMILES string of the molecule is O=C(CNCCc1c[nH]cn1)Nc1cccc(-c2ccc(C[C@H](NS(=O)(=O)c3ccccc3Cl)C(=O)O)cc2)c1. The summed E-state index contributed by atoms with van der Waals surface area (Å²) in [5.74, 6) is -1.48. The molecule has 4 rings (SSSR count). The highest BCUT2D eigenvalue weighted by Gasteiger charge is 2.27. The van der Waals surface area contributed by atoms with Crippen LogP contribution in [0.5, 0.6) is 0 Å². The smallest absolute Gasteiger partial charge is 0.322 e. The van der Waals surface area contributed by atoms with Crippen LogP contribution >= 0.6 is 11.6 Å². The number of nitrogens with one attached hydrogen (secondary N) is 4. The monoisotopic (exact) mass is 581 g/mol. The molecule has 40 heavy (non-hydrogen) atoms. The molecular weight excluding hydrogens is 554 g/mol. The predicted octanol–water partition coefficient (Wildman–Crippen LogP) is 3.48. The Morgan fingerprint density at radius 1 is 1.00 bits per heavy atom. The van der Waals surface area contributed by atoms with Crippen LogP contribution in [0.1, 0.15) is 11.3 Å². The molecule has 5 N–H and O–H groups in total. The third-order valence-electron chi connectivity index (χ3n) is 5.99. The van der Waals surface area contributed by atoms with Crippen molar-refractivity contribution in [2.24, 2.45) is 0 Å². The fourth-order valence-electron chi connectivity index (χ4n) is 3.99. The number of imidazole rings is 1. The number of hydrogen-bond donors (Lipinski definition) is 5. The summed E-state index contributed by atoms with van der Waals surface area (Å²) in [7, 11) is -4.14. The molecule has 0 aliphatic rings. The number of nitrogens with zero attached hydrogens (tertiary/aromatic N) is 1. The van der Waals surface area contributed by atoms with Gasteiger partial charge in [0.15, 0.2) is 0 Å². The lowest BCUT2D eigenvalue weighted by atomic mass is 10.0. The molecule has 1 amide bonds. The van der Waals surface area contributed by atoms with E-state index in [4.69, 9.17) is 11.6 Å². The molecule has 0 spiro atoms. The van der Waals surface area contributed by atoms with Gasteiger partial charge in [-0.05, 0) is 47.4 Å². The second-order valence-electron chi connectivity index (χ2n) is 8.96. The first-order chi connectivity index (χ1) is 19.2. The minimum Gasteiger partial charge on any atom is -0.480 e. The normalized spacial score (nSPS) is 12.1. The number of H-pyrrole nitrogens is 1. The Kier molecular flexibility index (Phi) is 9.67. The van der Waals surface area contributed by atoms with Crippen LogP contribution in [0.25, 0.3) is 11.1 Å². The zero-order chi connectivity index (χ0) is 28.5. The van der Waals surface area contributed by atoms with Crippen molar-refractivity contribution >= 4 is 39.2 Å². The standard InChI is InChI=1S/C28H28ClN5O5S/c29-24-6-1-2-7-26(24)40(38,39)34-25(28(36)37)14-19-8-10-20(11-9-19)21-4-3-5-22(15-21)33-27(35)17-30-13-12-23-16-31-18-32-23/h1-11,15-16,18,25,30,34H,12-14,17H2,(H,31,32)(H,33,35)(H,36,37)/t25-/m0/s1. The number of benzene rings is 3. The second-order valence-corrected chi connectivity index (χ2v) is 11.0. The third kappa shape index (κ3) is 7.99. The first-order valence-corrected chi connectivity index (χ1v) is 14.2. The van der Waals surface area contributed by atoms with Crippen molar-refractivity contribution in [3.05, 3.63) is 102 Å². The van der Waals surface area contributed by atoms with Gasteiger partial charge in [0, 0.05) is 24.8 Å². The largest absolute Gasteiger partial charge is 0.480 e. The van der Waals surface area contributed by atoms with E-state index in [9.17, 15) is 23.1 Å². The van der Waals surface area contributed by atoms with Gasteiger partial charge in [0.1, 0.15) is 10.9 Å². The Morgan fingerprint density at radius 2 is 1.77 bits per heavy atom. The van der Waals surface area contributed by atoms with Crippen molar-refractivity contribution in [3.8, 4) is 11.1 Å². The number of rotatable bonds is 13. The zero-order valence-corrected chi connectivity index (χ0v) is 22.9. The number of aliphatic carboxylic acids is 1. The highest BCUT2D eigenvalue weighted by molar-refractivity contribution is 7.89. The third-order valence-corrected chi connectivity index (χ3v) is 7.96. The molecule has 0 fully saturated rings. The van der Waals surface area contributed by atoms with Gasteiger partial charge >= 0.3 is 5.97 Å². The van der Waals surface area contributed by atoms with Crippen LogP contribution in [0.2, 0.25) is 5.02 Å². The van der Waals surface area contributed by atoms with E-state index in [0.29, 0.717) is 24.2 Å². The Balaban J connectivity index is 1.35. The van der Waals surface area contributed by atoms with E-state index in [2.05, 4.69) is 25.3 Å². The summed E-state index contributed by atoms with van der Waals surface area (Å²) in [6, 6.07) is 18.9. The molecule has 0 saturated carbocycles. The number of carboxylic acids is 1. The Labute approximate surface area is 236 Å². The summed E-state index contributed by atoms with van der Waals surface area (Å²) >= 11 is 6.00. The quantitative estimate of drug-likeness (QED) is 0.151. The van der Waals surface area contributed by atoms with Gasteiger partial charge in [0.2, 0.25) is 15.9 Å². The molecule has 1 atom stereocenters. The molecule has 0 aliphatic heterocycles. The van der Waals surface area contributed by atoms with Gasteiger partial charge < -0.3 is 20.7 Å². The second kappa shape index (κ2) is 13.4. The molecule has 1 heterocycles. The van der Waals surface area contributed by atoms with E-state index in [-0.39, 0.29) is 28.8 Å². The van der Waals surface area contributed by atoms with Gasteiger partial charge in [-0.3, -0.25) is 9.59 Å². The molecular formula is C28H28ClN5O5S. The number of aromatic nitrogens is 2. The molecule has 0 bridgehead atoms. The first kappa shape index (κ1) is 29.0. The molecule has 10 nitrogen and oxygen atoms in total. The van der Waals surface area contributed by atoms with Crippen LogP contribution in [0.4, 0.5) is 5.69 Å². The van der Waals surface area contributed by atoms with Crippen molar-refractivity contribution in [3.63, 3.8) is 0 Å². The molecule has 0 saturated heterocycles. The highest BCUT2D eigenvalue weighted by Crippen LogP contribution is 2.24. The van der Waals surface area contributed by atoms with Gasteiger partial charge in [-0.1, -0.05) is 60.1 Å². The van der Waals surface area contributed by atoms with Crippen molar-refractivity contribution in [1.29, 1.82) is 0 Å². The number of sulfonamides is 1. The lowest BCUT2D eigenvalue weighted by Crippen LogP contribution is -2.42. The van der Waals surface area contributed by atoms with Gasteiger partial charge in [0.05, 0.1) is 23.6 Å². The van der Waals surface area contributed by atoms with Crippen LogP contribution in [0.15, 0.2) is 90.2 Å². The molecule has 3 aromatic carbocycles.